The Bertz CT molecular complexity index is 623. The summed E-state index contributed by atoms with van der Waals surface area (Å²) in [4.78, 5) is 25.3. The highest BCUT2D eigenvalue weighted by molar-refractivity contribution is 5.95. The summed E-state index contributed by atoms with van der Waals surface area (Å²) in [6, 6.07) is 5.33. The first kappa shape index (κ1) is 14.8. The van der Waals surface area contributed by atoms with Crippen LogP contribution in [0.25, 0.3) is 6.08 Å². The summed E-state index contributed by atoms with van der Waals surface area (Å²) >= 11 is 0. The summed E-state index contributed by atoms with van der Waals surface area (Å²) in [5.41, 5.74) is 2.97. The zero-order valence-electron chi connectivity index (χ0n) is 12.3. The number of nitrogens with zero attached hydrogens (tertiary/aromatic N) is 1. The number of hydrogen-bond acceptors (Lipinski definition) is 3. The monoisotopic (exact) mass is 301 g/mol. The molecule has 1 aromatic rings. The van der Waals surface area contributed by atoms with Gasteiger partial charge < -0.3 is 14.7 Å². The Balaban J connectivity index is 1.82. The van der Waals surface area contributed by atoms with Crippen LogP contribution in [0, 0.1) is 0 Å². The van der Waals surface area contributed by atoms with E-state index in [9.17, 15) is 9.59 Å². The minimum atomic E-state index is -0.913. The number of aliphatic carboxylic acids is 1. The first-order valence-electron chi connectivity index (χ1n) is 7.55. The van der Waals surface area contributed by atoms with E-state index in [1.807, 2.05) is 18.2 Å². The molecule has 3 rings (SSSR count). The van der Waals surface area contributed by atoms with Crippen molar-refractivity contribution in [2.24, 2.45) is 0 Å². The minimum Gasteiger partial charge on any atom is -0.481 e. The molecule has 0 spiro atoms. The van der Waals surface area contributed by atoms with Crippen LogP contribution in [-0.2, 0) is 16.0 Å². The number of carbonyl (C=O) groups excluding carboxylic acids is 1. The van der Waals surface area contributed by atoms with E-state index < -0.39 is 12.0 Å². The van der Waals surface area contributed by atoms with Gasteiger partial charge in [0.2, 0.25) is 0 Å². The van der Waals surface area contributed by atoms with Gasteiger partial charge in [0, 0.05) is 12.1 Å². The third-order valence-electron chi connectivity index (χ3n) is 4.17. The van der Waals surface area contributed by atoms with Crippen LogP contribution in [0.5, 0.6) is 0 Å². The van der Waals surface area contributed by atoms with Gasteiger partial charge in [-0.05, 0) is 36.1 Å². The number of morpholine rings is 1. The van der Waals surface area contributed by atoms with Crippen LogP contribution in [0.2, 0.25) is 0 Å². The molecule has 5 nitrogen and oxygen atoms in total. The molecule has 1 saturated heterocycles. The van der Waals surface area contributed by atoms with Crippen LogP contribution in [0.4, 0.5) is 0 Å². The lowest BCUT2D eigenvalue weighted by Gasteiger charge is -2.35. The van der Waals surface area contributed by atoms with Gasteiger partial charge in [-0.1, -0.05) is 18.2 Å². The number of carbonyl (C=O) groups is 2. The molecule has 1 atom stereocenters. The quantitative estimate of drug-likeness (QED) is 0.927. The normalized spacial score (nSPS) is 20.5. The van der Waals surface area contributed by atoms with Crippen molar-refractivity contribution in [3.05, 3.63) is 41.0 Å². The number of amides is 1. The van der Waals surface area contributed by atoms with Crippen molar-refractivity contribution < 1.29 is 19.4 Å². The summed E-state index contributed by atoms with van der Waals surface area (Å²) in [5.74, 6) is -1.02. The molecule has 2 aliphatic rings. The van der Waals surface area contributed by atoms with Gasteiger partial charge >= 0.3 is 5.97 Å². The van der Waals surface area contributed by atoms with Crippen molar-refractivity contribution in [2.75, 3.05) is 19.8 Å². The van der Waals surface area contributed by atoms with Crippen LogP contribution >= 0.6 is 0 Å². The van der Waals surface area contributed by atoms with Crippen LogP contribution in [0.15, 0.2) is 24.3 Å². The standard InChI is InChI=1S/C17H19NO4/c19-16(20)10-15-11-22-8-7-18(15)17(21)14-6-5-12-3-1-2-4-13(12)9-14/h1,3,5-6,9,15H,2,4,7-8,10-11H2,(H,19,20)/t15-/m1/s1. The van der Waals surface area contributed by atoms with E-state index in [1.54, 1.807) is 4.90 Å². The maximum atomic E-state index is 12.7. The molecule has 1 fully saturated rings. The van der Waals surface area contributed by atoms with E-state index >= 15 is 0 Å². The third kappa shape index (κ3) is 3.04. The fraction of sp³-hybridized carbons (Fsp3) is 0.412. The molecule has 1 N–H and O–H groups in total. The Kier molecular flexibility index (Phi) is 4.24. The molecule has 1 heterocycles. The van der Waals surface area contributed by atoms with Crippen LogP contribution in [0.3, 0.4) is 0 Å². The predicted octanol–water partition coefficient (Wildman–Crippen LogP) is 1.96. The molecule has 22 heavy (non-hydrogen) atoms. The fourth-order valence-electron chi connectivity index (χ4n) is 3.03. The van der Waals surface area contributed by atoms with E-state index in [0.717, 1.165) is 18.4 Å². The van der Waals surface area contributed by atoms with Crippen LogP contribution < -0.4 is 0 Å². The maximum absolute atomic E-state index is 12.7. The Labute approximate surface area is 129 Å². The van der Waals surface area contributed by atoms with E-state index in [1.165, 1.54) is 5.56 Å². The molecule has 0 aromatic heterocycles. The highest BCUT2D eigenvalue weighted by atomic mass is 16.5. The third-order valence-corrected chi connectivity index (χ3v) is 4.17. The summed E-state index contributed by atoms with van der Waals surface area (Å²) in [6.07, 6.45) is 6.06. The zero-order chi connectivity index (χ0) is 15.5. The molecule has 1 aliphatic heterocycles. The number of allylic oxidation sites excluding steroid dienone is 1. The fourth-order valence-corrected chi connectivity index (χ4v) is 3.03. The highest BCUT2D eigenvalue weighted by Gasteiger charge is 2.30. The lowest BCUT2D eigenvalue weighted by atomic mass is 9.95. The van der Waals surface area contributed by atoms with Crippen molar-refractivity contribution in [1.82, 2.24) is 4.90 Å². The molecule has 1 aliphatic carbocycles. The summed E-state index contributed by atoms with van der Waals surface area (Å²) in [6.45, 7) is 1.18. The second-order valence-electron chi connectivity index (χ2n) is 5.68. The van der Waals surface area contributed by atoms with Crippen LogP contribution in [0.1, 0.15) is 34.3 Å². The van der Waals surface area contributed by atoms with Crippen molar-refractivity contribution in [2.45, 2.75) is 25.3 Å². The van der Waals surface area contributed by atoms with Gasteiger partial charge in [0.25, 0.3) is 5.91 Å². The molecule has 5 heteroatoms. The first-order valence-corrected chi connectivity index (χ1v) is 7.55. The molecule has 0 radical (unpaired) electrons. The molecular weight excluding hydrogens is 282 g/mol. The van der Waals surface area contributed by atoms with Crippen molar-refractivity contribution in [3.8, 4) is 0 Å². The number of fused-ring (bicyclic) bond motifs is 1. The van der Waals surface area contributed by atoms with Gasteiger partial charge in [-0.15, -0.1) is 0 Å². The lowest BCUT2D eigenvalue weighted by Crippen LogP contribution is -2.49. The molecule has 116 valence electrons. The van der Waals surface area contributed by atoms with E-state index in [4.69, 9.17) is 9.84 Å². The summed E-state index contributed by atoms with van der Waals surface area (Å²) in [5, 5.41) is 8.99. The number of ether oxygens (including phenoxy) is 1. The van der Waals surface area contributed by atoms with Gasteiger partial charge in [0.15, 0.2) is 0 Å². The van der Waals surface area contributed by atoms with Gasteiger partial charge in [-0.25, -0.2) is 0 Å². The van der Waals surface area contributed by atoms with E-state index in [2.05, 4.69) is 12.2 Å². The smallest absolute Gasteiger partial charge is 0.305 e. The predicted molar refractivity (Wildman–Crippen MR) is 81.7 cm³/mol. The second kappa shape index (κ2) is 6.32. The van der Waals surface area contributed by atoms with Gasteiger partial charge in [-0.3, -0.25) is 9.59 Å². The SMILES string of the molecule is O=C(O)C[C@@H]1COCCN1C(=O)c1ccc2c(c1)CCC=C2. The number of rotatable bonds is 3. The topological polar surface area (TPSA) is 66.8 Å². The number of hydrogen-bond donors (Lipinski definition) is 1. The van der Waals surface area contributed by atoms with Gasteiger partial charge in [0.1, 0.15) is 0 Å². The average Bonchev–Trinajstić information content (AvgIpc) is 2.54. The number of aryl methyl sites for hydroxylation is 1. The number of benzene rings is 1. The molecule has 1 amide bonds. The molecular formula is C17H19NO4. The molecule has 0 unspecified atom stereocenters. The second-order valence-corrected chi connectivity index (χ2v) is 5.68. The maximum Gasteiger partial charge on any atom is 0.305 e. The zero-order valence-corrected chi connectivity index (χ0v) is 12.3. The van der Waals surface area contributed by atoms with Crippen molar-refractivity contribution >= 4 is 18.0 Å². The highest BCUT2D eigenvalue weighted by Crippen LogP contribution is 2.22. The van der Waals surface area contributed by atoms with E-state index in [0.29, 0.717) is 18.7 Å². The van der Waals surface area contributed by atoms with Gasteiger partial charge in [0.05, 0.1) is 25.7 Å². The van der Waals surface area contributed by atoms with Crippen molar-refractivity contribution in [3.63, 3.8) is 0 Å². The Morgan fingerprint density at radius 3 is 3.05 bits per heavy atom. The largest absolute Gasteiger partial charge is 0.481 e. The number of carboxylic acids is 1. The summed E-state index contributed by atoms with van der Waals surface area (Å²) in [7, 11) is 0. The Morgan fingerprint density at radius 2 is 2.23 bits per heavy atom. The first-order chi connectivity index (χ1) is 10.6. The molecule has 0 bridgehead atoms. The lowest BCUT2D eigenvalue weighted by molar-refractivity contribution is -0.139. The van der Waals surface area contributed by atoms with Gasteiger partial charge in [-0.2, -0.15) is 0 Å². The minimum absolute atomic E-state index is 0.0839. The summed E-state index contributed by atoms with van der Waals surface area (Å²) < 4.78 is 5.32. The molecule has 0 saturated carbocycles. The van der Waals surface area contributed by atoms with E-state index in [-0.39, 0.29) is 18.9 Å². The Morgan fingerprint density at radius 1 is 1.36 bits per heavy atom. The average molecular weight is 301 g/mol. The van der Waals surface area contributed by atoms with Crippen molar-refractivity contribution in [1.29, 1.82) is 0 Å². The molecule has 1 aromatic carbocycles. The Hall–Kier alpha value is -2.14. The number of carboxylic acid groups (broad SMARTS) is 1. The van der Waals surface area contributed by atoms with Crippen LogP contribution in [-0.4, -0.2) is 47.7 Å².